The molecule has 1 aliphatic heterocycles. The molecule has 7 heteroatoms. The van der Waals surface area contributed by atoms with Crippen molar-refractivity contribution in [3.63, 3.8) is 0 Å². The molecule has 3 rings (SSSR count). The van der Waals surface area contributed by atoms with Gasteiger partial charge in [0.05, 0.1) is 5.54 Å². The molecule has 1 fully saturated rings. The summed E-state index contributed by atoms with van der Waals surface area (Å²) < 4.78 is 16.5. The third kappa shape index (κ3) is 3.83. The van der Waals surface area contributed by atoms with Crippen LogP contribution in [0.5, 0.6) is 0 Å². The van der Waals surface area contributed by atoms with Gasteiger partial charge in [-0.25, -0.2) is 9.07 Å². The molecule has 26 heavy (non-hydrogen) atoms. The molecule has 2 heterocycles. The fourth-order valence-electron chi connectivity index (χ4n) is 3.42. The van der Waals surface area contributed by atoms with Gasteiger partial charge >= 0.3 is 0 Å². The van der Waals surface area contributed by atoms with E-state index in [-0.39, 0.29) is 17.4 Å². The largest absolute Gasteiger partial charge is 0.297 e. The van der Waals surface area contributed by atoms with E-state index in [9.17, 15) is 4.39 Å². The number of hydrogen-bond donors (Lipinski definition) is 0. The van der Waals surface area contributed by atoms with Crippen LogP contribution in [0.1, 0.15) is 38.2 Å². The Balaban J connectivity index is 1.98. The van der Waals surface area contributed by atoms with Gasteiger partial charge in [0.15, 0.2) is 5.82 Å². The summed E-state index contributed by atoms with van der Waals surface area (Å²) in [7, 11) is 0. The van der Waals surface area contributed by atoms with E-state index in [0.717, 1.165) is 32.7 Å². The molecule has 1 saturated heterocycles. The molecule has 1 atom stereocenters. The lowest BCUT2D eigenvalue weighted by atomic mass is 10.0. The second-order valence-corrected chi connectivity index (χ2v) is 7.67. The van der Waals surface area contributed by atoms with Gasteiger partial charge in [0, 0.05) is 38.3 Å². The molecule has 1 aromatic carbocycles. The summed E-state index contributed by atoms with van der Waals surface area (Å²) in [6.07, 6.45) is 1.92. The van der Waals surface area contributed by atoms with Crippen molar-refractivity contribution in [2.24, 2.45) is 0 Å². The van der Waals surface area contributed by atoms with Crippen molar-refractivity contribution in [3.8, 4) is 0 Å². The van der Waals surface area contributed by atoms with Crippen molar-refractivity contribution in [2.45, 2.75) is 32.4 Å². The van der Waals surface area contributed by atoms with Crippen LogP contribution >= 0.6 is 0 Å². The number of tetrazole rings is 1. The van der Waals surface area contributed by atoms with E-state index in [4.69, 9.17) is 0 Å². The van der Waals surface area contributed by atoms with E-state index >= 15 is 0 Å². The van der Waals surface area contributed by atoms with Crippen LogP contribution in [-0.4, -0.2) is 62.7 Å². The standard InChI is InChI=1S/C19H27FN6/c1-5-10-24-11-13-25(14-12-24)17(15-8-6-7-9-16(15)20)18-21-22-23-26(18)19(2,3)4/h5-9,17H,1,10-14H2,2-4H3. The number of piperazine rings is 1. The van der Waals surface area contributed by atoms with Gasteiger partial charge in [-0.2, -0.15) is 0 Å². The minimum absolute atomic E-state index is 0.227. The molecule has 0 amide bonds. The first-order valence-corrected chi connectivity index (χ1v) is 9.02. The first kappa shape index (κ1) is 18.7. The molecule has 0 aliphatic carbocycles. The van der Waals surface area contributed by atoms with Crippen LogP contribution < -0.4 is 0 Å². The first-order chi connectivity index (χ1) is 12.4. The number of nitrogens with zero attached hydrogens (tertiary/aromatic N) is 6. The monoisotopic (exact) mass is 358 g/mol. The van der Waals surface area contributed by atoms with Crippen molar-refractivity contribution >= 4 is 0 Å². The maximum atomic E-state index is 14.7. The molecule has 2 aromatic rings. The molecule has 6 nitrogen and oxygen atoms in total. The SMILES string of the molecule is C=CCN1CCN(C(c2ccccc2F)c2nnnn2C(C)(C)C)CC1. The van der Waals surface area contributed by atoms with Gasteiger partial charge in [0.2, 0.25) is 0 Å². The van der Waals surface area contributed by atoms with Gasteiger partial charge in [-0.15, -0.1) is 11.7 Å². The first-order valence-electron chi connectivity index (χ1n) is 9.02. The second kappa shape index (κ2) is 7.63. The number of halogens is 1. The molecule has 1 aliphatic rings. The van der Waals surface area contributed by atoms with Gasteiger partial charge in [-0.3, -0.25) is 9.80 Å². The van der Waals surface area contributed by atoms with Gasteiger partial charge in [-0.1, -0.05) is 24.3 Å². The zero-order valence-corrected chi connectivity index (χ0v) is 15.8. The predicted molar refractivity (Wildman–Crippen MR) is 99.3 cm³/mol. The summed E-state index contributed by atoms with van der Waals surface area (Å²) in [5.74, 6) is 0.453. The van der Waals surface area contributed by atoms with E-state index in [1.165, 1.54) is 6.07 Å². The van der Waals surface area contributed by atoms with Crippen molar-refractivity contribution < 1.29 is 4.39 Å². The van der Waals surface area contributed by atoms with Crippen LogP contribution in [0, 0.1) is 5.82 Å². The van der Waals surface area contributed by atoms with Gasteiger partial charge in [-0.05, 0) is 37.3 Å². The topological polar surface area (TPSA) is 50.1 Å². The van der Waals surface area contributed by atoms with E-state index in [1.54, 1.807) is 10.7 Å². The fourth-order valence-corrected chi connectivity index (χ4v) is 3.42. The summed E-state index contributed by atoms with van der Waals surface area (Å²) >= 11 is 0. The maximum Gasteiger partial charge on any atom is 0.173 e. The predicted octanol–water partition coefficient (Wildman–Crippen LogP) is 2.46. The van der Waals surface area contributed by atoms with Crippen molar-refractivity contribution in [2.75, 3.05) is 32.7 Å². The summed E-state index contributed by atoms with van der Waals surface area (Å²) in [6, 6.07) is 6.60. The maximum absolute atomic E-state index is 14.7. The number of aromatic nitrogens is 4. The highest BCUT2D eigenvalue weighted by atomic mass is 19.1. The smallest absolute Gasteiger partial charge is 0.173 e. The van der Waals surface area contributed by atoms with Gasteiger partial charge in [0.25, 0.3) is 0 Å². The molecule has 0 radical (unpaired) electrons. The molecule has 1 aromatic heterocycles. The molecule has 0 bridgehead atoms. The van der Waals surface area contributed by atoms with E-state index in [2.05, 4.69) is 31.9 Å². The third-order valence-electron chi connectivity index (χ3n) is 4.73. The Labute approximate surface area is 154 Å². The van der Waals surface area contributed by atoms with E-state index in [0.29, 0.717) is 11.4 Å². The Morgan fingerprint density at radius 3 is 2.50 bits per heavy atom. The zero-order valence-electron chi connectivity index (χ0n) is 15.8. The van der Waals surface area contributed by atoms with Crippen molar-refractivity contribution in [1.82, 2.24) is 30.0 Å². The van der Waals surface area contributed by atoms with Crippen LogP contribution in [0.3, 0.4) is 0 Å². The summed E-state index contributed by atoms with van der Waals surface area (Å²) in [4.78, 5) is 4.61. The molecule has 1 unspecified atom stereocenters. The molecule has 0 spiro atoms. The number of hydrogen-bond acceptors (Lipinski definition) is 5. The van der Waals surface area contributed by atoms with Crippen LogP contribution in [0.4, 0.5) is 4.39 Å². The number of benzene rings is 1. The summed E-state index contributed by atoms with van der Waals surface area (Å²) in [6.45, 7) is 14.3. The Morgan fingerprint density at radius 1 is 1.19 bits per heavy atom. The minimum atomic E-state index is -0.309. The highest BCUT2D eigenvalue weighted by Crippen LogP contribution is 2.31. The average molecular weight is 358 g/mol. The lowest BCUT2D eigenvalue weighted by Crippen LogP contribution is -2.48. The molecule has 140 valence electrons. The van der Waals surface area contributed by atoms with Crippen molar-refractivity contribution in [1.29, 1.82) is 0 Å². The highest BCUT2D eigenvalue weighted by molar-refractivity contribution is 5.27. The fraction of sp³-hybridized carbons (Fsp3) is 0.526. The zero-order chi connectivity index (χ0) is 18.7. The van der Waals surface area contributed by atoms with Crippen LogP contribution in [0.25, 0.3) is 0 Å². The Bertz CT molecular complexity index is 742. The lowest BCUT2D eigenvalue weighted by Gasteiger charge is -2.39. The Hall–Kier alpha value is -2.12. The van der Waals surface area contributed by atoms with Crippen LogP contribution in [0.2, 0.25) is 0 Å². The van der Waals surface area contributed by atoms with Crippen LogP contribution in [-0.2, 0) is 5.54 Å². The Kier molecular flexibility index (Phi) is 5.48. The summed E-state index contributed by atoms with van der Waals surface area (Å²) in [5, 5.41) is 12.4. The molecule has 0 N–H and O–H groups in total. The molecular weight excluding hydrogens is 331 g/mol. The minimum Gasteiger partial charge on any atom is -0.297 e. The number of rotatable bonds is 5. The molecule has 0 saturated carbocycles. The highest BCUT2D eigenvalue weighted by Gasteiger charge is 2.34. The normalized spacial score (nSPS) is 18.0. The summed E-state index contributed by atoms with van der Waals surface area (Å²) in [5.41, 5.74) is 0.331. The van der Waals surface area contributed by atoms with Gasteiger partial charge in [0.1, 0.15) is 11.9 Å². The van der Waals surface area contributed by atoms with Crippen molar-refractivity contribution in [3.05, 3.63) is 54.1 Å². The second-order valence-electron chi connectivity index (χ2n) is 7.67. The Morgan fingerprint density at radius 2 is 1.88 bits per heavy atom. The lowest BCUT2D eigenvalue weighted by molar-refractivity contribution is 0.108. The quantitative estimate of drug-likeness (QED) is 0.769. The van der Waals surface area contributed by atoms with Gasteiger partial charge < -0.3 is 0 Å². The molecular formula is C19H27FN6. The van der Waals surface area contributed by atoms with E-state index in [1.807, 2.05) is 39.0 Å². The third-order valence-corrected chi connectivity index (χ3v) is 4.73. The average Bonchev–Trinajstić information content (AvgIpc) is 3.08. The van der Waals surface area contributed by atoms with Crippen LogP contribution in [0.15, 0.2) is 36.9 Å². The van der Waals surface area contributed by atoms with E-state index < -0.39 is 0 Å².